The maximum atomic E-state index is 13.5. The van der Waals surface area contributed by atoms with E-state index in [-0.39, 0.29) is 23.7 Å². The number of fused-ring (bicyclic) bond motifs is 1. The molecule has 4 aromatic rings. The molecule has 0 fully saturated rings. The van der Waals surface area contributed by atoms with Crippen molar-refractivity contribution in [1.82, 2.24) is 0 Å². The van der Waals surface area contributed by atoms with Crippen molar-refractivity contribution in [3.8, 4) is 28.6 Å². The minimum Gasteiger partial charge on any atom is -0.493 e. The summed E-state index contributed by atoms with van der Waals surface area (Å²) in [4.78, 5) is 38.4. The molecular weight excluding hydrogens is 474 g/mol. The van der Waals surface area contributed by atoms with Crippen molar-refractivity contribution in [2.24, 2.45) is 0 Å². The monoisotopic (exact) mass is 501 g/mol. The summed E-state index contributed by atoms with van der Waals surface area (Å²) in [6.07, 6.45) is -0.737. The highest BCUT2D eigenvalue weighted by Gasteiger charge is 2.25. The van der Waals surface area contributed by atoms with Gasteiger partial charge in [-0.05, 0) is 55.8 Å². The summed E-state index contributed by atoms with van der Waals surface area (Å²) in [6.45, 7) is 3.22. The Morgan fingerprint density at radius 2 is 1.70 bits per heavy atom. The number of methoxy groups -OCH3 is 2. The molecule has 1 N–H and O–H groups in total. The first kappa shape index (κ1) is 25.5. The second-order valence-electron chi connectivity index (χ2n) is 8.30. The number of Topliss-reactive ketones (excluding diaryl/α,β-unsaturated/α-hetero) is 1. The molecule has 3 aromatic carbocycles. The average Bonchev–Trinajstić information content (AvgIpc) is 2.92. The third kappa shape index (κ3) is 5.33. The lowest BCUT2D eigenvalue weighted by Gasteiger charge is -2.19. The van der Waals surface area contributed by atoms with Crippen molar-refractivity contribution in [2.75, 3.05) is 19.5 Å². The molecule has 37 heavy (non-hydrogen) atoms. The van der Waals surface area contributed by atoms with Crippen LogP contribution in [0.15, 0.2) is 75.9 Å². The van der Waals surface area contributed by atoms with Gasteiger partial charge in [-0.25, -0.2) is 0 Å². The van der Waals surface area contributed by atoms with Crippen molar-refractivity contribution < 1.29 is 28.2 Å². The Bertz CT molecular complexity index is 1520. The highest BCUT2D eigenvalue weighted by molar-refractivity contribution is 5.98. The van der Waals surface area contributed by atoms with Gasteiger partial charge in [0, 0.05) is 16.8 Å². The van der Waals surface area contributed by atoms with Crippen LogP contribution in [0.2, 0.25) is 0 Å². The first-order valence-corrected chi connectivity index (χ1v) is 11.7. The summed E-state index contributed by atoms with van der Waals surface area (Å²) in [5.74, 6) is 0.439. The van der Waals surface area contributed by atoms with E-state index < -0.39 is 17.4 Å². The van der Waals surface area contributed by atoms with Crippen LogP contribution in [0.4, 0.5) is 5.69 Å². The third-order valence-corrected chi connectivity index (χ3v) is 5.86. The summed E-state index contributed by atoms with van der Waals surface area (Å²) in [5, 5.41) is 3.10. The van der Waals surface area contributed by atoms with Gasteiger partial charge in [0.1, 0.15) is 5.58 Å². The van der Waals surface area contributed by atoms with Gasteiger partial charge in [0.25, 0.3) is 5.91 Å². The molecule has 8 heteroatoms. The van der Waals surface area contributed by atoms with Gasteiger partial charge in [0.2, 0.25) is 11.2 Å². The molecule has 190 valence electrons. The van der Waals surface area contributed by atoms with Crippen LogP contribution in [-0.4, -0.2) is 32.0 Å². The normalized spacial score (nSPS) is 11.6. The Hall–Kier alpha value is -4.59. The molecule has 1 unspecified atom stereocenters. The number of ether oxygens (including phenoxy) is 3. The largest absolute Gasteiger partial charge is 0.493 e. The first-order chi connectivity index (χ1) is 17.9. The van der Waals surface area contributed by atoms with Gasteiger partial charge >= 0.3 is 0 Å². The Morgan fingerprint density at radius 3 is 2.41 bits per heavy atom. The fraction of sp³-hybridized carbons (Fsp3) is 0.207. The summed E-state index contributed by atoms with van der Waals surface area (Å²) < 4.78 is 22.9. The van der Waals surface area contributed by atoms with Crippen LogP contribution in [-0.2, 0) is 4.79 Å². The third-order valence-electron chi connectivity index (χ3n) is 5.86. The van der Waals surface area contributed by atoms with E-state index in [1.54, 1.807) is 73.7 Å². The molecule has 0 radical (unpaired) electrons. The Kier molecular flexibility index (Phi) is 7.57. The number of anilines is 1. The minimum atomic E-state index is -1.01. The number of amides is 1. The molecule has 0 aliphatic carbocycles. The summed E-state index contributed by atoms with van der Waals surface area (Å²) in [5.41, 5.74) is 1.41. The number of hydrogen-bond acceptors (Lipinski definition) is 7. The van der Waals surface area contributed by atoms with E-state index in [2.05, 4.69) is 5.32 Å². The van der Waals surface area contributed by atoms with E-state index in [1.165, 1.54) is 21.1 Å². The highest BCUT2D eigenvalue weighted by atomic mass is 16.5. The van der Waals surface area contributed by atoms with Gasteiger partial charge in [-0.1, -0.05) is 31.2 Å². The second kappa shape index (κ2) is 11.0. The van der Waals surface area contributed by atoms with Crippen molar-refractivity contribution in [1.29, 1.82) is 0 Å². The standard InChI is InChI=1S/C29H27NO7/c1-5-22(29(33)30-20-10-8-9-18(15-20)17(2)31)36-28-26(32)21-11-6-7-12-23(21)37-27(28)19-13-14-24(34-3)25(16-19)35-4/h6-16,22H,5H2,1-4H3,(H,30,33). The number of para-hydroxylation sites is 1. The van der Waals surface area contributed by atoms with Crippen LogP contribution >= 0.6 is 0 Å². The predicted molar refractivity (Wildman–Crippen MR) is 141 cm³/mol. The molecule has 1 atom stereocenters. The smallest absolute Gasteiger partial charge is 0.265 e. The molecule has 0 bridgehead atoms. The number of benzene rings is 3. The van der Waals surface area contributed by atoms with Gasteiger partial charge in [-0.3, -0.25) is 14.4 Å². The zero-order chi connectivity index (χ0) is 26.5. The Balaban J connectivity index is 1.76. The number of carbonyl (C=O) groups excluding carboxylic acids is 2. The van der Waals surface area contributed by atoms with E-state index in [0.29, 0.717) is 39.3 Å². The molecule has 4 rings (SSSR count). The molecule has 0 aliphatic rings. The van der Waals surface area contributed by atoms with Crippen LogP contribution in [0, 0.1) is 0 Å². The molecular formula is C29H27NO7. The highest BCUT2D eigenvalue weighted by Crippen LogP contribution is 2.37. The topological polar surface area (TPSA) is 104 Å². The molecule has 1 heterocycles. The maximum absolute atomic E-state index is 13.5. The van der Waals surface area contributed by atoms with Crippen LogP contribution in [0.25, 0.3) is 22.3 Å². The fourth-order valence-corrected chi connectivity index (χ4v) is 3.90. The fourth-order valence-electron chi connectivity index (χ4n) is 3.90. The SMILES string of the molecule is CCC(Oc1c(-c2ccc(OC)c(OC)c2)oc2ccccc2c1=O)C(=O)Nc1cccc(C(C)=O)c1. The van der Waals surface area contributed by atoms with Gasteiger partial charge in [-0.2, -0.15) is 0 Å². The van der Waals surface area contributed by atoms with Crippen LogP contribution in [0.1, 0.15) is 30.6 Å². The number of hydrogen-bond donors (Lipinski definition) is 1. The number of nitrogens with one attached hydrogen (secondary N) is 1. The Labute approximate surface area is 213 Å². The van der Waals surface area contributed by atoms with Crippen LogP contribution in [0.3, 0.4) is 0 Å². The van der Waals surface area contributed by atoms with Gasteiger partial charge < -0.3 is 23.9 Å². The lowest BCUT2D eigenvalue weighted by Crippen LogP contribution is -2.34. The van der Waals surface area contributed by atoms with E-state index in [4.69, 9.17) is 18.6 Å². The molecule has 0 spiro atoms. The lowest BCUT2D eigenvalue weighted by atomic mass is 10.1. The summed E-state index contributed by atoms with van der Waals surface area (Å²) in [6, 6.07) is 18.5. The first-order valence-electron chi connectivity index (χ1n) is 11.7. The second-order valence-corrected chi connectivity index (χ2v) is 8.30. The van der Waals surface area contributed by atoms with Crippen molar-refractivity contribution >= 4 is 28.3 Å². The molecule has 0 saturated heterocycles. The van der Waals surface area contributed by atoms with Crippen molar-refractivity contribution in [3.63, 3.8) is 0 Å². The van der Waals surface area contributed by atoms with Gasteiger partial charge in [-0.15, -0.1) is 0 Å². The predicted octanol–water partition coefficient (Wildman–Crippen LogP) is 5.48. The van der Waals surface area contributed by atoms with Crippen molar-refractivity contribution in [2.45, 2.75) is 26.4 Å². The Morgan fingerprint density at radius 1 is 0.946 bits per heavy atom. The number of carbonyl (C=O) groups is 2. The van der Waals surface area contributed by atoms with Gasteiger partial charge in [0.15, 0.2) is 29.1 Å². The van der Waals surface area contributed by atoms with Crippen LogP contribution < -0.4 is 25.0 Å². The van der Waals surface area contributed by atoms with E-state index in [9.17, 15) is 14.4 Å². The van der Waals surface area contributed by atoms with E-state index in [1.807, 2.05) is 0 Å². The maximum Gasteiger partial charge on any atom is 0.265 e. The summed E-state index contributed by atoms with van der Waals surface area (Å²) >= 11 is 0. The van der Waals surface area contributed by atoms with Crippen molar-refractivity contribution in [3.05, 3.63) is 82.5 Å². The zero-order valence-electron chi connectivity index (χ0n) is 21.0. The van der Waals surface area contributed by atoms with E-state index >= 15 is 0 Å². The number of ketones is 1. The molecule has 0 saturated carbocycles. The average molecular weight is 502 g/mol. The zero-order valence-corrected chi connectivity index (χ0v) is 21.0. The quantitative estimate of drug-likeness (QED) is 0.303. The van der Waals surface area contributed by atoms with Crippen LogP contribution in [0.5, 0.6) is 17.2 Å². The molecule has 0 aliphatic heterocycles. The molecule has 1 amide bonds. The van der Waals surface area contributed by atoms with Gasteiger partial charge in [0.05, 0.1) is 19.6 Å². The molecule has 1 aromatic heterocycles. The lowest BCUT2D eigenvalue weighted by molar-refractivity contribution is -0.122. The minimum absolute atomic E-state index is 0.0922. The van der Waals surface area contributed by atoms with E-state index in [0.717, 1.165) is 0 Å². The summed E-state index contributed by atoms with van der Waals surface area (Å²) in [7, 11) is 3.03. The number of rotatable bonds is 9. The molecule has 8 nitrogen and oxygen atoms in total.